The van der Waals surface area contributed by atoms with Gasteiger partial charge in [0.15, 0.2) is 10.6 Å². The zero-order valence-corrected chi connectivity index (χ0v) is 15.1. The first-order valence-electron chi connectivity index (χ1n) is 7.83. The van der Waals surface area contributed by atoms with Crippen LogP contribution in [0.3, 0.4) is 0 Å². The van der Waals surface area contributed by atoms with Crippen LogP contribution in [0.15, 0.2) is 48.5 Å². The standard InChI is InChI=1S/C19H21N3OS/c1-19(2,3)14-10-8-13(9-11-14)17-20-21-18(24)22(17)15-6-5-7-16(12-15)23-4/h5-12H,1-4H3,(H,21,24). The maximum absolute atomic E-state index is 5.42. The predicted octanol–water partition coefficient (Wildman–Crippen LogP) is 4.90. The van der Waals surface area contributed by atoms with Gasteiger partial charge in [-0.3, -0.25) is 9.67 Å². The molecule has 0 saturated heterocycles. The van der Waals surface area contributed by atoms with Gasteiger partial charge in [-0.2, -0.15) is 5.10 Å². The Kier molecular flexibility index (Phi) is 4.28. The Bertz CT molecular complexity index is 901. The number of aromatic amines is 1. The highest BCUT2D eigenvalue weighted by Gasteiger charge is 2.15. The topological polar surface area (TPSA) is 42.8 Å². The van der Waals surface area contributed by atoms with E-state index in [-0.39, 0.29) is 5.41 Å². The minimum absolute atomic E-state index is 0.121. The van der Waals surface area contributed by atoms with Gasteiger partial charge >= 0.3 is 0 Å². The lowest BCUT2D eigenvalue weighted by atomic mass is 9.87. The maximum Gasteiger partial charge on any atom is 0.200 e. The molecule has 3 aromatic rings. The second-order valence-corrected chi connectivity index (χ2v) is 7.10. The molecular weight excluding hydrogens is 318 g/mol. The molecule has 0 bridgehead atoms. The molecule has 2 aromatic carbocycles. The van der Waals surface area contributed by atoms with E-state index >= 15 is 0 Å². The average Bonchev–Trinajstić information content (AvgIpc) is 2.96. The number of aromatic nitrogens is 3. The summed E-state index contributed by atoms with van der Waals surface area (Å²) in [4.78, 5) is 0. The van der Waals surface area contributed by atoms with E-state index in [9.17, 15) is 0 Å². The number of hydrogen-bond donors (Lipinski definition) is 1. The Morgan fingerprint density at radius 1 is 1.08 bits per heavy atom. The summed E-state index contributed by atoms with van der Waals surface area (Å²) in [5.74, 6) is 1.57. The van der Waals surface area contributed by atoms with Gasteiger partial charge in [0.25, 0.3) is 0 Å². The highest BCUT2D eigenvalue weighted by molar-refractivity contribution is 7.71. The lowest BCUT2D eigenvalue weighted by Crippen LogP contribution is -2.10. The van der Waals surface area contributed by atoms with Crippen LogP contribution in [0.25, 0.3) is 17.1 Å². The van der Waals surface area contributed by atoms with Crippen molar-refractivity contribution in [3.8, 4) is 22.8 Å². The summed E-state index contributed by atoms with van der Waals surface area (Å²) in [6, 6.07) is 16.2. The summed E-state index contributed by atoms with van der Waals surface area (Å²) in [7, 11) is 1.65. The van der Waals surface area contributed by atoms with Crippen LogP contribution in [-0.2, 0) is 5.41 Å². The molecule has 124 valence electrons. The van der Waals surface area contributed by atoms with Gasteiger partial charge in [0.1, 0.15) is 5.75 Å². The number of hydrogen-bond acceptors (Lipinski definition) is 3. The fourth-order valence-corrected chi connectivity index (χ4v) is 2.84. The SMILES string of the molecule is COc1cccc(-n2c(-c3ccc(C(C)(C)C)cc3)n[nH]c2=S)c1. The van der Waals surface area contributed by atoms with E-state index in [2.05, 4.69) is 55.2 Å². The largest absolute Gasteiger partial charge is 0.497 e. The van der Waals surface area contributed by atoms with E-state index in [1.54, 1.807) is 7.11 Å². The molecule has 5 heteroatoms. The molecule has 24 heavy (non-hydrogen) atoms. The van der Waals surface area contributed by atoms with Crippen LogP contribution in [0.4, 0.5) is 0 Å². The van der Waals surface area contributed by atoms with Gasteiger partial charge in [-0.25, -0.2) is 0 Å². The van der Waals surface area contributed by atoms with Crippen LogP contribution in [0.2, 0.25) is 0 Å². The fraction of sp³-hybridized carbons (Fsp3) is 0.263. The molecule has 3 rings (SSSR count). The van der Waals surface area contributed by atoms with Crippen molar-refractivity contribution in [1.29, 1.82) is 0 Å². The predicted molar refractivity (Wildman–Crippen MR) is 99.4 cm³/mol. The van der Waals surface area contributed by atoms with Crippen molar-refractivity contribution in [2.24, 2.45) is 0 Å². The minimum atomic E-state index is 0.121. The lowest BCUT2D eigenvalue weighted by molar-refractivity contribution is 0.414. The van der Waals surface area contributed by atoms with E-state index < -0.39 is 0 Å². The number of ether oxygens (including phenoxy) is 1. The summed E-state index contributed by atoms with van der Waals surface area (Å²) < 4.78 is 7.79. The highest BCUT2D eigenvalue weighted by Crippen LogP contribution is 2.27. The van der Waals surface area contributed by atoms with E-state index in [1.807, 2.05) is 28.8 Å². The van der Waals surface area contributed by atoms with Gasteiger partial charge in [0.2, 0.25) is 0 Å². The number of benzene rings is 2. The quantitative estimate of drug-likeness (QED) is 0.690. The zero-order chi connectivity index (χ0) is 17.3. The van der Waals surface area contributed by atoms with Crippen LogP contribution in [0, 0.1) is 4.77 Å². The number of nitrogens with zero attached hydrogens (tertiary/aromatic N) is 2. The second kappa shape index (κ2) is 6.24. The van der Waals surface area contributed by atoms with Crippen molar-refractivity contribution in [1.82, 2.24) is 14.8 Å². The molecule has 0 spiro atoms. The molecule has 1 N–H and O–H groups in total. The molecule has 0 aliphatic rings. The zero-order valence-electron chi connectivity index (χ0n) is 14.3. The van der Waals surface area contributed by atoms with Crippen molar-refractivity contribution in [2.75, 3.05) is 7.11 Å². The molecule has 0 saturated carbocycles. The van der Waals surface area contributed by atoms with E-state index in [0.29, 0.717) is 4.77 Å². The van der Waals surface area contributed by atoms with Gasteiger partial charge in [0, 0.05) is 11.6 Å². The Hall–Kier alpha value is -2.40. The van der Waals surface area contributed by atoms with E-state index in [1.165, 1.54) is 5.56 Å². The monoisotopic (exact) mass is 339 g/mol. The molecular formula is C19H21N3OS. The van der Waals surface area contributed by atoms with Gasteiger partial charge in [0.05, 0.1) is 12.8 Å². The van der Waals surface area contributed by atoms with Crippen molar-refractivity contribution >= 4 is 12.2 Å². The summed E-state index contributed by atoms with van der Waals surface area (Å²) in [6.07, 6.45) is 0. The third-order valence-corrected chi connectivity index (χ3v) is 4.27. The first-order valence-corrected chi connectivity index (χ1v) is 8.24. The Labute approximate surface area is 147 Å². The maximum atomic E-state index is 5.42. The summed E-state index contributed by atoms with van der Waals surface area (Å²) in [5.41, 5.74) is 3.34. The molecule has 0 aliphatic carbocycles. The molecule has 0 fully saturated rings. The molecule has 0 aliphatic heterocycles. The number of methoxy groups -OCH3 is 1. The smallest absolute Gasteiger partial charge is 0.200 e. The van der Waals surface area contributed by atoms with Crippen LogP contribution >= 0.6 is 12.2 Å². The summed E-state index contributed by atoms with van der Waals surface area (Å²) >= 11 is 5.42. The number of rotatable bonds is 3. The molecule has 1 heterocycles. The molecule has 0 unspecified atom stereocenters. The second-order valence-electron chi connectivity index (χ2n) is 6.72. The molecule has 0 amide bonds. The Morgan fingerprint density at radius 3 is 2.42 bits per heavy atom. The fourth-order valence-electron chi connectivity index (χ4n) is 2.60. The average molecular weight is 339 g/mol. The third kappa shape index (κ3) is 3.12. The van der Waals surface area contributed by atoms with E-state index in [4.69, 9.17) is 17.0 Å². The van der Waals surface area contributed by atoms with Crippen LogP contribution < -0.4 is 4.74 Å². The first kappa shape index (κ1) is 16.5. The van der Waals surface area contributed by atoms with Crippen LogP contribution in [-0.4, -0.2) is 21.9 Å². The highest BCUT2D eigenvalue weighted by atomic mass is 32.1. The molecule has 0 radical (unpaired) electrons. The Balaban J connectivity index is 2.09. The molecule has 1 aromatic heterocycles. The number of nitrogens with one attached hydrogen (secondary N) is 1. The first-order chi connectivity index (χ1) is 11.4. The van der Waals surface area contributed by atoms with Crippen molar-refractivity contribution in [3.05, 3.63) is 58.9 Å². The lowest BCUT2D eigenvalue weighted by Gasteiger charge is -2.19. The van der Waals surface area contributed by atoms with Gasteiger partial charge in [-0.15, -0.1) is 0 Å². The van der Waals surface area contributed by atoms with Crippen molar-refractivity contribution in [2.45, 2.75) is 26.2 Å². The third-order valence-electron chi connectivity index (χ3n) is 3.99. The molecule has 0 atom stereocenters. The molecule has 4 nitrogen and oxygen atoms in total. The normalized spacial score (nSPS) is 11.5. The van der Waals surface area contributed by atoms with Crippen molar-refractivity contribution in [3.63, 3.8) is 0 Å². The van der Waals surface area contributed by atoms with Gasteiger partial charge in [-0.05, 0) is 35.3 Å². The van der Waals surface area contributed by atoms with Gasteiger partial charge in [-0.1, -0.05) is 51.1 Å². The minimum Gasteiger partial charge on any atom is -0.497 e. The van der Waals surface area contributed by atoms with E-state index in [0.717, 1.165) is 22.8 Å². The Morgan fingerprint density at radius 2 is 1.79 bits per heavy atom. The number of H-pyrrole nitrogens is 1. The summed E-state index contributed by atoms with van der Waals surface area (Å²) in [5, 5.41) is 7.31. The van der Waals surface area contributed by atoms with Crippen LogP contribution in [0.5, 0.6) is 5.75 Å². The van der Waals surface area contributed by atoms with Crippen LogP contribution in [0.1, 0.15) is 26.3 Å². The van der Waals surface area contributed by atoms with Gasteiger partial charge < -0.3 is 4.74 Å². The van der Waals surface area contributed by atoms with Crippen molar-refractivity contribution < 1.29 is 4.74 Å². The summed E-state index contributed by atoms with van der Waals surface area (Å²) in [6.45, 7) is 6.61.